The third kappa shape index (κ3) is 7.81. The number of benzene rings is 3. The van der Waals surface area contributed by atoms with Gasteiger partial charge in [0.05, 0.1) is 0 Å². The lowest BCUT2D eigenvalue weighted by molar-refractivity contribution is -0.140. The first-order valence-electron chi connectivity index (χ1n) is 12.7. The number of hydrogen-bond donors (Lipinski definition) is 1. The molecule has 3 aromatic rings. The van der Waals surface area contributed by atoms with Crippen LogP contribution in [0.15, 0.2) is 91.0 Å². The Morgan fingerprint density at radius 1 is 0.800 bits per heavy atom. The monoisotopic (exact) mass is 470 g/mol. The second-order valence-electron chi connectivity index (χ2n) is 9.46. The number of nitrogens with one attached hydrogen (secondary N) is 1. The number of hydrogen-bond acceptors (Lipinski definition) is 2. The van der Waals surface area contributed by atoms with Crippen molar-refractivity contribution in [2.24, 2.45) is 5.92 Å². The molecule has 0 saturated heterocycles. The Morgan fingerprint density at radius 2 is 1.31 bits per heavy atom. The summed E-state index contributed by atoms with van der Waals surface area (Å²) >= 11 is 0. The van der Waals surface area contributed by atoms with Crippen molar-refractivity contribution in [3.8, 4) is 0 Å². The van der Waals surface area contributed by atoms with Gasteiger partial charge in [0.1, 0.15) is 6.04 Å². The fraction of sp³-hybridized carbons (Fsp3) is 0.355. The zero-order chi connectivity index (χ0) is 25.0. The van der Waals surface area contributed by atoms with Crippen LogP contribution in [0.2, 0.25) is 0 Å². The Kier molecular flexibility index (Phi) is 10.1. The maximum Gasteiger partial charge on any atom is 0.242 e. The summed E-state index contributed by atoms with van der Waals surface area (Å²) in [5.41, 5.74) is 3.37. The van der Waals surface area contributed by atoms with E-state index in [9.17, 15) is 9.59 Å². The number of carbonyl (C=O) groups excluding carboxylic acids is 2. The fourth-order valence-electron chi connectivity index (χ4n) is 4.41. The van der Waals surface area contributed by atoms with Crippen molar-refractivity contribution in [1.29, 1.82) is 0 Å². The van der Waals surface area contributed by atoms with Crippen LogP contribution in [0, 0.1) is 5.92 Å². The fourth-order valence-corrected chi connectivity index (χ4v) is 4.41. The molecule has 0 bridgehead atoms. The summed E-state index contributed by atoms with van der Waals surface area (Å²) in [5.74, 6) is 0.217. The molecule has 4 nitrogen and oxygen atoms in total. The van der Waals surface area contributed by atoms with Gasteiger partial charge >= 0.3 is 0 Å². The summed E-state index contributed by atoms with van der Waals surface area (Å²) in [6, 6.07) is 30.0. The molecule has 0 aliphatic rings. The van der Waals surface area contributed by atoms with Crippen molar-refractivity contribution in [3.63, 3.8) is 0 Å². The molecule has 3 rings (SSSR count). The zero-order valence-corrected chi connectivity index (χ0v) is 21.2. The lowest BCUT2D eigenvalue weighted by atomic mass is 9.88. The summed E-state index contributed by atoms with van der Waals surface area (Å²) < 4.78 is 0. The highest BCUT2D eigenvalue weighted by molar-refractivity contribution is 5.88. The van der Waals surface area contributed by atoms with Gasteiger partial charge in [-0.15, -0.1) is 0 Å². The number of rotatable bonds is 12. The minimum Gasteiger partial charge on any atom is -0.354 e. The highest BCUT2D eigenvalue weighted by Gasteiger charge is 2.30. The molecule has 0 fully saturated rings. The molecule has 2 amide bonds. The highest BCUT2D eigenvalue weighted by Crippen LogP contribution is 2.29. The van der Waals surface area contributed by atoms with E-state index in [1.165, 1.54) is 0 Å². The Morgan fingerprint density at radius 3 is 1.80 bits per heavy atom. The third-order valence-corrected chi connectivity index (χ3v) is 6.34. The maximum absolute atomic E-state index is 13.9. The SMILES string of the molecule is CCC(C(=O)NCC(C)C)N(CCc1ccccc1)C(=O)CC(c1ccccc1)c1ccccc1. The Hall–Kier alpha value is -3.40. The van der Waals surface area contributed by atoms with Crippen LogP contribution in [-0.2, 0) is 16.0 Å². The molecule has 35 heavy (non-hydrogen) atoms. The van der Waals surface area contributed by atoms with Crippen molar-refractivity contribution in [2.45, 2.75) is 52.0 Å². The molecule has 0 aliphatic heterocycles. The number of carbonyl (C=O) groups is 2. The van der Waals surface area contributed by atoms with Crippen LogP contribution >= 0.6 is 0 Å². The Labute approximate surface area is 210 Å². The molecular weight excluding hydrogens is 432 g/mol. The smallest absolute Gasteiger partial charge is 0.242 e. The molecule has 0 aromatic heterocycles. The molecule has 0 spiro atoms. The molecule has 0 radical (unpaired) electrons. The van der Waals surface area contributed by atoms with Crippen LogP contribution in [0.4, 0.5) is 0 Å². The van der Waals surface area contributed by atoms with Crippen LogP contribution in [0.25, 0.3) is 0 Å². The first kappa shape index (κ1) is 26.2. The minimum absolute atomic E-state index is 0.00480. The van der Waals surface area contributed by atoms with Gasteiger partial charge in [-0.25, -0.2) is 0 Å². The normalized spacial score (nSPS) is 11.9. The molecule has 0 aliphatic carbocycles. The predicted octanol–water partition coefficient (Wildman–Crippen LogP) is 5.83. The molecule has 1 atom stereocenters. The minimum atomic E-state index is -0.489. The van der Waals surface area contributed by atoms with Crippen LogP contribution in [0.3, 0.4) is 0 Å². The summed E-state index contributed by atoms with van der Waals surface area (Å²) in [6.07, 6.45) is 1.60. The second kappa shape index (κ2) is 13.5. The van der Waals surface area contributed by atoms with Crippen LogP contribution in [0.5, 0.6) is 0 Å². The van der Waals surface area contributed by atoms with Gasteiger partial charge in [0.2, 0.25) is 11.8 Å². The largest absolute Gasteiger partial charge is 0.354 e. The van der Waals surface area contributed by atoms with Gasteiger partial charge in [0.25, 0.3) is 0 Å². The number of nitrogens with zero attached hydrogens (tertiary/aromatic N) is 1. The molecule has 184 valence electrons. The van der Waals surface area contributed by atoms with Gasteiger partial charge < -0.3 is 10.2 Å². The highest BCUT2D eigenvalue weighted by atomic mass is 16.2. The molecule has 3 aromatic carbocycles. The van der Waals surface area contributed by atoms with Crippen LogP contribution in [-0.4, -0.2) is 35.8 Å². The lowest BCUT2D eigenvalue weighted by Crippen LogP contribution is -2.50. The second-order valence-corrected chi connectivity index (χ2v) is 9.46. The van der Waals surface area contributed by atoms with Gasteiger partial charge in [-0.1, -0.05) is 112 Å². The van der Waals surface area contributed by atoms with Gasteiger partial charge in [-0.3, -0.25) is 9.59 Å². The molecule has 1 N–H and O–H groups in total. The van der Waals surface area contributed by atoms with Gasteiger partial charge in [0.15, 0.2) is 0 Å². The van der Waals surface area contributed by atoms with Gasteiger partial charge in [0, 0.05) is 25.4 Å². The third-order valence-electron chi connectivity index (χ3n) is 6.34. The van der Waals surface area contributed by atoms with E-state index in [1.807, 2.05) is 66.4 Å². The standard InChI is InChI=1S/C31H38N2O2/c1-4-29(31(35)32-23-24(2)3)33(21-20-25-14-8-5-9-15-25)30(34)22-28(26-16-10-6-11-17-26)27-18-12-7-13-19-27/h5-19,24,28-29H,4,20-23H2,1-3H3,(H,32,35). The summed E-state index contributed by atoms with van der Waals surface area (Å²) in [5, 5.41) is 3.05. The molecule has 0 heterocycles. The van der Waals surface area contributed by atoms with Gasteiger partial charge in [-0.2, -0.15) is 0 Å². The van der Waals surface area contributed by atoms with Gasteiger partial charge in [-0.05, 0) is 35.4 Å². The Bertz CT molecular complexity index is 996. The van der Waals surface area contributed by atoms with Crippen LogP contribution in [0.1, 0.15) is 56.2 Å². The summed E-state index contributed by atoms with van der Waals surface area (Å²) in [4.78, 5) is 28.9. The first-order chi connectivity index (χ1) is 17.0. The average Bonchev–Trinajstić information content (AvgIpc) is 2.89. The van der Waals surface area contributed by atoms with E-state index in [-0.39, 0.29) is 17.7 Å². The average molecular weight is 471 g/mol. The van der Waals surface area contributed by atoms with E-state index in [1.54, 1.807) is 0 Å². The van der Waals surface area contributed by atoms with Crippen LogP contribution < -0.4 is 5.32 Å². The molecule has 4 heteroatoms. The summed E-state index contributed by atoms with van der Waals surface area (Å²) in [7, 11) is 0. The van der Waals surface area contributed by atoms with E-state index in [0.29, 0.717) is 38.3 Å². The quantitative estimate of drug-likeness (QED) is 0.362. The van der Waals surface area contributed by atoms with Crippen molar-refractivity contribution in [1.82, 2.24) is 10.2 Å². The molecular formula is C31H38N2O2. The van der Waals surface area contributed by atoms with Crippen molar-refractivity contribution < 1.29 is 9.59 Å². The molecule has 0 saturated carbocycles. The van der Waals surface area contributed by atoms with E-state index < -0.39 is 6.04 Å². The zero-order valence-electron chi connectivity index (χ0n) is 21.2. The predicted molar refractivity (Wildman–Crippen MR) is 143 cm³/mol. The van der Waals surface area contributed by atoms with E-state index in [2.05, 4.69) is 55.6 Å². The maximum atomic E-state index is 13.9. The first-order valence-corrected chi connectivity index (χ1v) is 12.7. The van der Waals surface area contributed by atoms with E-state index in [4.69, 9.17) is 0 Å². The number of amides is 2. The van der Waals surface area contributed by atoms with Crippen molar-refractivity contribution in [2.75, 3.05) is 13.1 Å². The van der Waals surface area contributed by atoms with Crippen molar-refractivity contribution in [3.05, 3.63) is 108 Å². The Balaban J connectivity index is 1.87. The topological polar surface area (TPSA) is 49.4 Å². The van der Waals surface area contributed by atoms with E-state index in [0.717, 1.165) is 16.7 Å². The van der Waals surface area contributed by atoms with Crippen molar-refractivity contribution >= 4 is 11.8 Å². The van der Waals surface area contributed by atoms with E-state index >= 15 is 0 Å². The molecule has 1 unspecified atom stereocenters. The lowest BCUT2D eigenvalue weighted by Gasteiger charge is -2.32. The summed E-state index contributed by atoms with van der Waals surface area (Å²) in [6.45, 7) is 7.24.